The highest BCUT2D eigenvalue weighted by atomic mass is 19.4. The van der Waals surface area contributed by atoms with Crippen LogP contribution in [0.15, 0.2) is 36.7 Å². The summed E-state index contributed by atoms with van der Waals surface area (Å²) < 4.78 is 38.1. The third-order valence-electron chi connectivity index (χ3n) is 2.11. The Kier molecular flexibility index (Phi) is 2.71. The van der Waals surface area contributed by atoms with E-state index in [-0.39, 0.29) is 17.1 Å². The summed E-state index contributed by atoms with van der Waals surface area (Å²) in [4.78, 5) is 7.32. The number of alkyl halides is 3. The number of nitrogens with zero attached hydrogens (tertiary/aromatic N) is 2. The molecule has 0 aliphatic carbocycles. The Labute approximate surface area is 94.6 Å². The van der Waals surface area contributed by atoms with Gasteiger partial charge < -0.3 is 5.11 Å². The molecule has 17 heavy (non-hydrogen) atoms. The number of benzene rings is 1. The quantitative estimate of drug-likeness (QED) is 0.833. The summed E-state index contributed by atoms with van der Waals surface area (Å²) in [6, 6.07) is 5.02. The van der Waals surface area contributed by atoms with Gasteiger partial charge in [-0.15, -0.1) is 0 Å². The monoisotopic (exact) mass is 240 g/mol. The molecule has 0 saturated carbocycles. The zero-order valence-corrected chi connectivity index (χ0v) is 8.44. The minimum Gasteiger partial charge on any atom is -0.505 e. The number of rotatable bonds is 1. The smallest absolute Gasteiger partial charge is 0.417 e. The van der Waals surface area contributed by atoms with Crippen molar-refractivity contribution >= 4 is 0 Å². The summed E-state index contributed by atoms with van der Waals surface area (Å²) in [5, 5.41) is 8.99. The first-order valence-electron chi connectivity index (χ1n) is 4.66. The van der Waals surface area contributed by atoms with Gasteiger partial charge in [0.25, 0.3) is 0 Å². The van der Waals surface area contributed by atoms with Crippen LogP contribution in [0.3, 0.4) is 0 Å². The molecule has 1 aromatic carbocycles. The second kappa shape index (κ2) is 4.04. The van der Waals surface area contributed by atoms with Gasteiger partial charge in [0.15, 0.2) is 11.6 Å². The van der Waals surface area contributed by atoms with Crippen LogP contribution in [0.5, 0.6) is 5.75 Å². The van der Waals surface area contributed by atoms with Gasteiger partial charge in [-0.05, 0) is 6.07 Å². The topological polar surface area (TPSA) is 46.0 Å². The molecular formula is C11H7F3N2O. The van der Waals surface area contributed by atoms with Gasteiger partial charge in [0.1, 0.15) is 0 Å². The summed E-state index contributed by atoms with van der Waals surface area (Å²) in [5.41, 5.74) is -0.911. The van der Waals surface area contributed by atoms with E-state index in [2.05, 4.69) is 9.97 Å². The van der Waals surface area contributed by atoms with Crippen molar-refractivity contribution in [3.8, 4) is 17.1 Å². The summed E-state index contributed by atoms with van der Waals surface area (Å²) in [7, 11) is 0. The molecule has 3 nitrogen and oxygen atoms in total. The van der Waals surface area contributed by atoms with Crippen LogP contribution in [0.2, 0.25) is 0 Å². The van der Waals surface area contributed by atoms with E-state index >= 15 is 0 Å². The van der Waals surface area contributed by atoms with E-state index in [1.165, 1.54) is 18.2 Å². The van der Waals surface area contributed by atoms with Crippen LogP contribution in [-0.4, -0.2) is 15.1 Å². The van der Waals surface area contributed by atoms with E-state index < -0.39 is 11.7 Å². The van der Waals surface area contributed by atoms with Crippen molar-refractivity contribution in [1.82, 2.24) is 9.97 Å². The number of hydrogen-bond donors (Lipinski definition) is 1. The van der Waals surface area contributed by atoms with Crippen molar-refractivity contribution in [2.24, 2.45) is 0 Å². The normalized spacial score (nSPS) is 11.5. The molecular weight excluding hydrogens is 233 g/mol. The molecule has 0 spiro atoms. The number of aromatic hydroxyl groups is 1. The van der Waals surface area contributed by atoms with Gasteiger partial charge in [0, 0.05) is 5.56 Å². The molecule has 1 aromatic heterocycles. The van der Waals surface area contributed by atoms with Crippen molar-refractivity contribution in [3.05, 3.63) is 42.2 Å². The lowest BCUT2D eigenvalue weighted by molar-refractivity contribution is -0.137. The predicted molar refractivity (Wildman–Crippen MR) is 54.1 cm³/mol. The molecule has 6 heteroatoms. The molecule has 1 N–H and O–H groups in total. The summed E-state index contributed by atoms with van der Waals surface area (Å²) in [6.45, 7) is 0. The Hall–Kier alpha value is -2.11. The largest absolute Gasteiger partial charge is 0.505 e. The van der Waals surface area contributed by atoms with E-state index in [1.54, 1.807) is 0 Å². The molecule has 0 aliphatic rings. The third-order valence-corrected chi connectivity index (χ3v) is 2.11. The van der Waals surface area contributed by atoms with Crippen molar-refractivity contribution < 1.29 is 18.3 Å². The van der Waals surface area contributed by atoms with Gasteiger partial charge >= 0.3 is 6.18 Å². The van der Waals surface area contributed by atoms with Crippen LogP contribution in [0, 0.1) is 0 Å². The zero-order chi connectivity index (χ0) is 12.5. The van der Waals surface area contributed by atoms with Crippen LogP contribution in [0.1, 0.15) is 5.56 Å². The first-order chi connectivity index (χ1) is 7.98. The van der Waals surface area contributed by atoms with Gasteiger partial charge in [-0.1, -0.05) is 18.2 Å². The molecule has 2 rings (SSSR count). The van der Waals surface area contributed by atoms with Crippen LogP contribution in [0.25, 0.3) is 11.4 Å². The summed E-state index contributed by atoms with van der Waals surface area (Å²) >= 11 is 0. The van der Waals surface area contributed by atoms with Crippen molar-refractivity contribution in [1.29, 1.82) is 0 Å². The molecule has 0 fully saturated rings. The highest BCUT2D eigenvalue weighted by Gasteiger charge is 2.33. The highest BCUT2D eigenvalue weighted by Crippen LogP contribution is 2.35. The van der Waals surface area contributed by atoms with E-state index in [0.717, 1.165) is 18.5 Å². The Bertz CT molecular complexity index is 523. The average molecular weight is 240 g/mol. The van der Waals surface area contributed by atoms with Crippen LogP contribution < -0.4 is 0 Å². The number of aromatic nitrogens is 2. The molecule has 1 heterocycles. The maximum absolute atomic E-state index is 12.7. The molecule has 0 unspecified atom stereocenters. The van der Waals surface area contributed by atoms with Gasteiger partial charge in [-0.3, -0.25) is 0 Å². The van der Waals surface area contributed by atoms with Crippen molar-refractivity contribution in [2.45, 2.75) is 6.18 Å². The van der Waals surface area contributed by atoms with Crippen LogP contribution in [-0.2, 0) is 6.18 Å². The van der Waals surface area contributed by atoms with Crippen molar-refractivity contribution in [3.63, 3.8) is 0 Å². The number of halogens is 3. The summed E-state index contributed by atoms with van der Waals surface area (Å²) in [6.07, 6.45) is -2.36. The van der Waals surface area contributed by atoms with Gasteiger partial charge in [0.05, 0.1) is 18.0 Å². The number of hydrogen-bond acceptors (Lipinski definition) is 3. The van der Waals surface area contributed by atoms with Gasteiger partial charge in [0.2, 0.25) is 0 Å². The van der Waals surface area contributed by atoms with Gasteiger partial charge in [-0.25, -0.2) is 9.97 Å². The molecule has 0 bridgehead atoms. The fraction of sp³-hybridized carbons (Fsp3) is 0.0909. The average Bonchev–Trinajstić information content (AvgIpc) is 2.29. The minimum absolute atomic E-state index is 0.0734. The second-order valence-corrected chi connectivity index (χ2v) is 3.31. The van der Waals surface area contributed by atoms with E-state index in [1.807, 2.05) is 0 Å². The lowest BCUT2D eigenvalue weighted by atomic mass is 10.1. The van der Waals surface area contributed by atoms with Crippen molar-refractivity contribution in [2.75, 3.05) is 0 Å². The zero-order valence-electron chi connectivity index (χ0n) is 8.44. The molecule has 2 aromatic rings. The molecule has 88 valence electrons. The van der Waals surface area contributed by atoms with E-state index in [0.29, 0.717) is 0 Å². The maximum atomic E-state index is 12.7. The minimum atomic E-state index is -4.46. The molecule has 0 aliphatic heterocycles. The van der Waals surface area contributed by atoms with Crippen LogP contribution in [0.4, 0.5) is 13.2 Å². The lowest BCUT2D eigenvalue weighted by Crippen LogP contribution is -2.07. The molecule has 0 atom stereocenters. The molecule has 0 radical (unpaired) electrons. The Morgan fingerprint density at radius 1 is 1.00 bits per heavy atom. The fourth-order valence-corrected chi connectivity index (χ4v) is 1.39. The fourth-order valence-electron chi connectivity index (χ4n) is 1.39. The first kappa shape index (κ1) is 11.4. The van der Waals surface area contributed by atoms with E-state index in [9.17, 15) is 13.2 Å². The Morgan fingerprint density at radius 3 is 2.18 bits per heavy atom. The second-order valence-electron chi connectivity index (χ2n) is 3.31. The summed E-state index contributed by atoms with van der Waals surface area (Å²) in [5.74, 6) is -0.269. The maximum Gasteiger partial charge on any atom is 0.417 e. The van der Waals surface area contributed by atoms with E-state index in [4.69, 9.17) is 5.11 Å². The standard InChI is InChI=1S/C11H7F3N2O/c12-11(13,14)9-4-2-1-3-8(9)10-15-5-7(17)6-16-10/h1-6,17H. The Balaban J connectivity index is 2.56. The lowest BCUT2D eigenvalue weighted by Gasteiger charge is -2.11. The molecule has 0 saturated heterocycles. The SMILES string of the molecule is Oc1cnc(-c2ccccc2C(F)(F)F)nc1. The highest BCUT2D eigenvalue weighted by molar-refractivity contribution is 5.61. The van der Waals surface area contributed by atoms with Crippen LogP contribution >= 0.6 is 0 Å². The Morgan fingerprint density at radius 2 is 1.59 bits per heavy atom. The third kappa shape index (κ3) is 2.35. The first-order valence-corrected chi connectivity index (χ1v) is 4.66. The predicted octanol–water partition coefficient (Wildman–Crippen LogP) is 2.87. The van der Waals surface area contributed by atoms with Gasteiger partial charge in [-0.2, -0.15) is 13.2 Å². The molecule has 0 amide bonds.